The number of methoxy groups -OCH3 is 1. The minimum atomic E-state index is 0.143. The molecular formula is C17H21N3O2S. The van der Waals surface area contributed by atoms with E-state index >= 15 is 0 Å². The van der Waals surface area contributed by atoms with Gasteiger partial charge in [0, 0.05) is 19.2 Å². The predicted octanol–water partition coefficient (Wildman–Crippen LogP) is 2.78. The Bertz CT molecular complexity index is 684. The summed E-state index contributed by atoms with van der Waals surface area (Å²) in [6, 6.07) is 6.16. The van der Waals surface area contributed by atoms with E-state index < -0.39 is 0 Å². The van der Waals surface area contributed by atoms with E-state index in [9.17, 15) is 4.79 Å². The molecule has 5 nitrogen and oxygen atoms in total. The van der Waals surface area contributed by atoms with Gasteiger partial charge in [0.15, 0.2) is 10.9 Å². The van der Waals surface area contributed by atoms with E-state index in [-0.39, 0.29) is 5.78 Å². The maximum Gasteiger partial charge on any atom is 0.191 e. The number of fused-ring (bicyclic) bond motifs is 1. The van der Waals surface area contributed by atoms with Crippen molar-refractivity contribution in [1.29, 1.82) is 0 Å². The highest BCUT2D eigenvalue weighted by Gasteiger charge is 2.14. The molecular weight excluding hydrogens is 310 g/mol. The molecule has 122 valence electrons. The lowest BCUT2D eigenvalue weighted by molar-refractivity contribution is 0.102. The number of benzene rings is 1. The largest absolute Gasteiger partial charge is 0.383 e. The first kappa shape index (κ1) is 16.2. The fourth-order valence-corrected chi connectivity index (χ4v) is 3.66. The molecule has 0 radical (unpaired) electrons. The van der Waals surface area contributed by atoms with Gasteiger partial charge in [0.2, 0.25) is 0 Å². The second-order valence-corrected chi connectivity index (χ2v) is 6.64. The zero-order valence-corrected chi connectivity index (χ0v) is 14.1. The lowest BCUT2D eigenvalue weighted by Gasteiger charge is -2.16. The van der Waals surface area contributed by atoms with Crippen LogP contribution in [0.25, 0.3) is 0 Å². The van der Waals surface area contributed by atoms with E-state index in [4.69, 9.17) is 4.74 Å². The lowest BCUT2D eigenvalue weighted by atomic mass is 9.90. The van der Waals surface area contributed by atoms with Gasteiger partial charge in [-0.25, -0.2) is 0 Å². The third-order valence-electron chi connectivity index (χ3n) is 4.12. The van der Waals surface area contributed by atoms with Gasteiger partial charge in [0.1, 0.15) is 6.33 Å². The van der Waals surface area contributed by atoms with Gasteiger partial charge in [0.25, 0.3) is 0 Å². The van der Waals surface area contributed by atoms with Crippen LogP contribution < -0.4 is 0 Å². The number of ketones is 1. The van der Waals surface area contributed by atoms with Crippen LogP contribution in [0.5, 0.6) is 0 Å². The third-order valence-corrected chi connectivity index (χ3v) is 5.10. The summed E-state index contributed by atoms with van der Waals surface area (Å²) in [4.78, 5) is 12.4. The Morgan fingerprint density at radius 3 is 2.96 bits per heavy atom. The molecule has 0 fully saturated rings. The fraction of sp³-hybridized carbons (Fsp3) is 0.471. The number of carbonyl (C=O) groups excluding carboxylic acids is 1. The van der Waals surface area contributed by atoms with Crippen molar-refractivity contribution in [1.82, 2.24) is 14.8 Å². The Morgan fingerprint density at radius 1 is 1.30 bits per heavy atom. The first-order chi connectivity index (χ1) is 11.3. The Morgan fingerprint density at radius 2 is 2.13 bits per heavy atom. The van der Waals surface area contributed by atoms with Crippen LogP contribution in [-0.4, -0.2) is 40.0 Å². The van der Waals surface area contributed by atoms with Crippen LogP contribution in [-0.2, 0) is 24.1 Å². The molecule has 0 amide bonds. The van der Waals surface area contributed by atoms with E-state index in [1.54, 1.807) is 13.4 Å². The smallest absolute Gasteiger partial charge is 0.191 e. The van der Waals surface area contributed by atoms with Crippen LogP contribution >= 0.6 is 11.8 Å². The van der Waals surface area contributed by atoms with Crippen LogP contribution in [0.4, 0.5) is 0 Å². The number of rotatable bonds is 7. The topological polar surface area (TPSA) is 57.0 Å². The van der Waals surface area contributed by atoms with Gasteiger partial charge in [-0.2, -0.15) is 0 Å². The van der Waals surface area contributed by atoms with E-state index in [2.05, 4.69) is 22.3 Å². The quantitative estimate of drug-likeness (QED) is 0.577. The molecule has 0 spiro atoms. The molecule has 2 aromatic rings. The van der Waals surface area contributed by atoms with Crippen LogP contribution in [0.15, 0.2) is 29.7 Å². The highest BCUT2D eigenvalue weighted by Crippen LogP contribution is 2.23. The summed E-state index contributed by atoms with van der Waals surface area (Å²) >= 11 is 1.43. The molecule has 1 aromatic carbocycles. The van der Waals surface area contributed by atoms with Crippen molar-refractivity contribution in [3.63, 3.8) is 0 Å². The van der Waals surface area contributed by atoms with Gasteiger partial charge < -0.3 is 9.30 Å². The van der Waals surface area contributed by atoms with Crippen LogP contribution in [0, 0.1) is 0 Å². The summed E-state index contributed by atoms with van der Waals surface area (Å²) in [6.07, 6.45) is 6.39. The van der Waals surface area contributed by atoms with E-state index in [0.717, 1.165) is 23.6 Å². The van der Waals surface area contributed by atoms with Gasteiger partial charge in [-0.3, -0.25) is 4.79 Å². The average molecular weight is 331 g/mol. The average Bonchev–Trinajstić information content (AvgIpc) is 3.04. The highest BCUT2D eigenvalue weighted by molar-refractivity contribution is 7.99. The Labute approximate surface area is 140 Å². The van der Waals surface area contributed by atoms with Crippen molar-refractivity contribution in [2.45, 2.75) is 37.4 Å². The molecule has 6 heteroatoms. The number of aryl methyl sites for hydroxylation is 2. The zero-order valence-electron chi connectivity index (χ0n) is 13.3. The Hall–Kier alpha value is -1.66. The molecule has 1 heterocycles. The van der Waals surface area contributed by atoms with Gasteiger partial charge in [-0.15, -0.1) is 10.2 Å². The number of Topliss-reactive ketones (excluding diaryl/α,β-unsaturated/α-hetero) is 1. The highest BCUT2D eigenvalue weighted by atomic mass is 32.2. The van der Waals surface area contributed by atoms with Gasteiger partial charge in [-0.05, 0) is 42.9 Å². The van der Waals surface area contributed by atoms with Gasteiger partial charge in [0.05, 0.1) is 12.4 Å². The minimum Gasteiger partial charge on any atom is -0.383 e. The van der Waals surface area contributed by atoms with Crippen LogP contribution in [0.1, 0.15) is 34.3 Å². The maximum absolute atomic E-state index is 12.4. The monoisotopic (exact) mass is 331 g/mol. The zero-order chi connectivity index (χ0) is 16.1. The van der Waals surface area contributed by atoms with E-state index in [1.165, 1.54) is 35.7 Å². The summed E-state index contributed by atoms with van der Waals surface area (Å²) in [5.74, 6) is 0.523. The normalized spacial score (nSPS) is 13.8. The minimum absolute atomic E-state index is 0.143. The number of carbonyl (C=O) groups is 1. The predicted molar refractivity (Wildman–Crippen MR) is 90.0 cm³/mol. The van der Waals surface area contributed by atoms with Crippen molar-refractivity contribution < 1.29 is 9.53 Å². The number of nitrogens with zero attached hydrogens (tertiary/aromatic N) is 3. The van der Waals surface area contributed by atoms with E-state index in [1.807, 2.05) is 10.6 Å². The van der Waals surface area contributed by atoms with Crippen LogP contribution in [0.2, 0.25) is 0 Å². The summed E-state index contributed by atoms with van der Waals surface area (Å²) in [5.41, 5.74) is 3.55. The molecule has 0 atom stereocenters. The van der Waals surface area contributed by atoms with Crippen molar-refractivity contribution in [3.8, 4) is 0 Å². The summed E-state index contributed by atoms with van der Waals surface area (Å²) in [5, 5.41) is 8.74. The van der Waals surface area contributed by atoms with Gasteiger partial charge >= 0.3 is 0 Å². The molecule has 0 saturated heterocycles. The number of hydrogen-bond donors (Lipinski definition) is 0. The molecule has 0 bridgehead atoms. The summed E-state index contributed by atoms with van der Waals surface area (Å²) in [6.45, 7) is 1.29. The molecule has 1 aromatic heterocycles. The number of ether oxygens (including phenoxy) is 1. The van der Waals surface area contributed by atoms with Crippen molar-refractivity contribution in [2.75, 3.05) is 19.5 Å². The summed E-state index contributed by atoms with van der Waals surface area (Å²) < 4.78 is 6.98. The lowest BCUT2D eigenvalue weighted by Crippen LogP contribution is -2.09. The molecule has 1 aliphatic carbocycles. The number of aromatic nitrogens is 3. The molecule has 1 aliphatic rings. The maximum atomic E-state index is 12.4. The number of hydrogen-bond acceptors (Lipinski definition) is 5. The standard InChI is InChI=1S/C17H21N3O2S/c1-22-9-8-20-12-18-19-17(20)23-11-16(21)15-7-6-13-4-2-3-5-14(13)10-15/h6-7,10,12H,2-5,8-9,11H2,1H3. The SMILES string of the molecule is COCCn1cnnc1SCC(=O)c1ccc2c(c1)CCCC2. The van der Waals surface area contributed by atoms with Crippen molar-refractivity contribution in [2.24, 2.45) is 0 Å². The van der Waals surface area contributed by atoms with E-state index in [0.29, 0.717) is 18.9 Å². The van der Waals surface area contributed by atoms with Gasteiger partial charge in [-0.1, -0.05) is 23.9 Å². The molecule has 0 N–H and O–H groups in total. The Balaban J connectivity index is 1.62. The van der Waals surface area contributed by atoms with Crippen LogP contribution in [0.3, 0.4) is 0 Å². The third kappa shape index (κ3) is 4.00. The molecule has 3 rings (SSSR count). The number of thioether (sulfide) groups is 1. The summed E-state index contributed by atoms with van der Waals surface area (Å²) in [7, 11) is 1.66. The molecule has 0 aliphatic heterocycles. The first-order valence-electron chi connectivity index (χ1n) is 7.92. The Kier molecular flexibility index (Phi) is 5.46. The molecule has 0 unspecified atom stereocenters. The fourth-order valence-electron chi connectivity index (χ4n) is 2.82. The second-order valence-electron chi connectivity index (χ2n) is 5.70. The van der Waals surface area contributed by atoms with Crippen molar-refractivity contribution >= 4 is 17.5 Å². The molecule has 0 saturated carbocycles. The second kappa shape index (κ2) is 7.75. The first-order valence-corrected chi connectivity index (χ1v) is 8.91. The molecule has 23 heavy (non-hydrogen) atoms. The van der Waals surface area contributed by atoms with Crippen molar-refractivity contribution in [3.05, 3.63) is 41.2 Å².